The Kier molecular flexibility index (Phi) is 2.54. The summed E-state index contributed by atoms with van der Waals surface area (Å²) in [6.07, 6.45) is 2.09. The van der Waals surface area contributed by atoms with Crippen molar-refractivity contribution < 1.29 is 9.90 Å². The second-order valence-corrected chi connectivity index (χ2v) is 4.85. The van der Waals surface area contributed by atoms with Gasteiger partial charge in [0.2, 0.25) is 0 Å². The lowest BCUT2D eigenvalue weighted by atomic mass is 9.59. The van der Waals surface area contributed by atoms with Gasteiger partial charge in [-0.2, -0.15) is 0 Å². The van der Waals surface area contributed by atoms with Crippen LogP contribution in [-0.2, 0) is 4.79 Å². The first kappa shape index (κ1) is 10.7. The van der Waals surface area contributed by atoms with Crippen molar-refractivity contribution in [1.29, 1.82) is 0 Å². The monoisotopic (exact) mass is 184 g/mol. The minimum Gasteiger partial charge on any atom is -0.389 e. The standard InChI is InChI=1S/C11H20O2/c1-5-11(13)8(2)9(12)6-7-10(11,3)4/h8,13H,5-7H2,1-4H3/t8-,11+/m0/s1. The van der Waals surface area contributed by atoms with Crippen LogP contribution in [-0.4, -0.2) is 16.5 Å². The zero-order valence-electron chi connectivity index (χ0n) is 9.05. The van der Waals surface area contributed by atoms with E-state index in [1.54, 1.807) is 0 Å². The van der Waals surface area contributed by atoms with Crippen LogP contribution in [0, 0.1) is 11.3 Å². The molecule has 1 rings (SSSR count). The van der Waals surface area contributed by atoms with Gasteiger partial charge in [0, 0.05) is 12.3 Å². The summed E-state index contributed by atoms with van der Waals surface area (Å²) in [4.78, 5) is 11.5. The molecule has 0 heterocycles. The molecule has 0 bridgehead atoms. The number of aliphatic hydroxyl groups is 1. The van der Waals surface area contributed by atoms with Gasteiger partial charge in [-0.3, -0.25) is 4.79 Å². The Balaban J connectivity index is 3.02. The Hall–Kier alpha value is -0.370. The van der Waals surface area contributed by atoms with Gasteiger partial charge in [0.1, 0.15) is 5.78 Å². The highest BCUT2D eigenvalue weighted by Crippen LogP contribution is 2.47. The van der Waals surface area contributed by atoms with Crippen LogP contribution < -0.4 is 0 Å². The molecule has 0 spiro atoms. The lowest BCUT2D eigenvalue weighted by Crippen LogP contribution is -2.55. The summed E-state index contributed by atoms with van der Waals surface area (Å²) in [7, 11) is 0. The first-order chi connectivity index (χ1) is 5.85. The molecule has 2 atom stereocenters. The summed E-state index contributed by atoms with van der Waals surface area (Å²) < 4.78 is 0. The number of rotatable bonds is 1. The molecular weight excluding hydrogens is 164 g/mol. The molecule has 0 saturated heterocycles. The largest absolute Gasteiger partial charge is 0.389 e. The van der Waals surface area contributed by atoms with E-state index >= 15 is 0 Å². The molecule has 0 amide bonds. The number of Topliss-reactive ketones (excluding diaryl/α,β-unsaturated/α-hetero) is 1. The molecule has 1 saturated carbocycles. The van der Waals surface area contributed by atoms with E-state index in [4.69, 9.17) is 0 Å². The molecule has 1 aliphatic rings. The van der Waals surface area contributed by atoms with Crippen LogP contribution in [0.2, 0.25) is 0 Å². The Morgan fingerprint density at radius 2 is 2.08 bits per heavy atom. The van der Waals surface area contributed by atoms with Gasteiger partial charge in [0.25, 0.3) is 0 Å². The van der Waals surface area contributed by atoms with Gasteiger partial charge >= 0.3 is 0 Å². The van der Waals surface area contributed by atoms with Crippen molar-refractivity contribution in [3.05, 3.63) is 0 Å². The van der Waals surface area contributed by atoms with Crippen LogP contribution in [0.5, 0.6) is 0 Å². The molecule has 2 heteroatoms. The maximum Gasteiger partial charge on any atom is 0.138 e. The minimum atomic E-state index is -0.803. The highest BCUT2D eigenvalue weighted by molar-refractivity contribution is 5.83. The molecule has 2 nitrogen and oxygen atoms in total. The van der Waals surface area contributed by atoms with Crippen LogP contribution in [0.25, 0.3) is 0 Å². The van der Waals surface area contributed by atoms with Crippen molar-refractivity contribution in [1.82, 2.24) is 0 Å². The van der Waals surface area contributed by atoms with Crippen molar-refractivity contribution in [3.8, 4) is 0 Å². The zero-order valence-corrected chi connectivity index (χ0v) is 9.05. The van der Waals surface area contributed by atoms with Gasteiger partial charge in [0.15, 0.2) is 0 Å². The summed E-state index contributed by atoms with van der Waals surface area (Å²) in [6, 6.07) is 0. The summed E-state index contributed by atoms with van der Waals surface area (Å²) >= 11 is 0. The fraction of sp³-hybridized carbons (Fsp3) is 0.909. The van der Waals surface area contributed by atoms with E-state index in [1.807, 2.05) is 13.8 Å². The SMILES string of the molecule is CC[C@@]1(O)[C@@H](C)C(=O)CCC1(C)C. The van der Waals surface area contributed by atoms with Crippen molar-refractivity contribution in [2.45, 2.75) is 52.6 Å². The quantitative estimate of drug-likeness (QED) is 0.678. The summed E-state index contributed by atoms with van der Waals surface area (Å²) in [5.74, 6) is 0.00456. The number of hydrogen-bond donors (Lipinski definition) is 1. The van der Waals surface area contributed by atoms with Gasteiger partial charge < -0.3 is 5.11 Å². The minimum absolute atomic E-state index is 0.130. The number of carbonyl (C=O) groups excluding carboxylic acids is 1. The van der Waals surface area contributed by atoms with E-state index in [0.29, 0.717) is 12.8 Å². The molecule has 0 aromatic rings. The number of carbonyl (C=O) groups is 1. The topological polar surface area (TPSA) is 37.3 Å². The Bertz CT molecular complexity index is 220. The molecule has 0 aliphatic heterocycles. The normalized spacial score (nSPS) is 39.2. The van der Waals surface area contributed by atoms with E-state index in [0.717, 1.165) is 6.42 Å². The highest BCUT2D eigenvalue weighted by atomic mass is 16.3. The first-order valence-electron chi connectivity index (χ1n) is 5.10. The summed E-state index contributed by atoms with van der Waals surface area (Å²) in [5, 5.41) is 10.4. The molecule has 76 valence electrons. The molecule has 0 aromatic carbocycles. The molecular formula is C11H20O2. The molecule has 1 aliphatic carbocycles. The van der Waals surface area contributed by atoms with Crippen LogP contribution in [0.4, 0.5) is 0 Å². The second-order valence-electron chi connectivity index (χ2n) is 4.85. The molecule has 0 radical (unpaired) electrons. The molecule has 0 unspecified atom stereocenters. The fourth-order valence-corrected chi connectivity index (χ4v) is 2.51. The summed E-state index contributed by atoms with van der Waals surface area (Å²) in [5.41, 5.74) is -0.933. The predicted octanol–water partition coefficient (Wildman–Crippen LogP) is 2.15. The van der Waals surface area contributed by atoms with E-state index in [2.05, 4.69) is 13.8 Å². The first-order valence-corrected chi connectivity index (χ1v) is 5.10. The van der Waals surface area contributed by atoms with Crippen LogP contribution in [0.3, 0.4) is 0 Å². The number of ketones is 1. The Morgan fingerprint density at radius 3 is 2.46 bits per heavy atom. The lowest BCUT2D eigenvalue weighted by Gasteiger charge is -2.49. The van der Waals surface area contributed by atoms with Gasteiger partial charge in [0.05, 0.1) is 5.60 Å². The van der Waals surface area contributed by atoms with Gasteiger partial charge in [-0.15, -0.1) is 0 Å². The Morgan fingerprint density at radius 1 is 1.54 bits per heavy atom. The van der Waals surface area contributed by atoms with Gasteiger partial charge in [-0.05, 0) is 18.3 Å². The van der Waals surface area contributed by atoms with E-state index < -0.39 is 5.60 Å². The van der Waals surface area contributed by atoms with Crippen LogP contribution in [0.15, 0.2) is 0 Å². The van der Waals surface area contributed by atoms with Crippen molar-refractivity contribution in [3.63, 3.8) is 0 Å². The molecule has 1 fully saturated rings. The third kappa shape index (κ3) is 1.41. The van der Waals surface area contributed by atoms with E-state index in [9.17, 15) is 9.90 Å². The maximum atomic E-state index is 11.5. The van der Waals surface area contributed by atoms with Gasteiger partial charge in [-0.1, -0.05) is 27.7 Å². The van der Waals surface area contributed by atoms with E-state index in [1.165, 1.54) is 0 Å². The van der Waals surface area contributed by atoms with Crippen molar-refractivity contribution >= 4 is 5.78 Å². The average molecular weight is 184 g/mol. The molecule has 1 N–H and O–H groups in total. The summed E-state index contributed by atoms with van der Waals surface area (Å²) in [6.45, 7) is 7.92. The maximum absolute atomic E-state index is 11.5. The third-order valence-electron chi connectivity index (χ3n) is 3.91. The lowest BCUT2D eigenvalue weighted by molar-refractivity contribution is -0.160. The smallest absolute Gasteiger partial charge is 0.138 e. The van der Waals surface area contributed by atoms with Crippen molar-refractivity contribution in [2.75, 3.05) is 0 Å². The van der Waals surface area contributed by atoms with E-state index in [-0.39, 0.29) is 17.1 Å². The van der Waals surface area contributed by atoms with Gasteiger partial charge in [-0.25, -0.2) is 0 Å². The van der Waals surface area contributed by atoms with Crippen LogP contribution >= 0.6 is 0 Å². The number of hydrogen-bond acceptors (Lipinski definition) is 2. The van der Waals surface area contributed by atoms with Crippen LogP contribution in [0.1, 0.15) is 47.0 Å². The molecule has 13 heavy (non-hydrogen) atoms. The Labute approximate surface area is 80.3 Å². The average Bonchev–Trinajstić information content (AvgIpc) is 2.09. The third-order valence-corrected chi connectivity index (χ3v) is 3.91. The second kappa shape index (κ2) is 3.09. The molecule has 0 aromatic heterocycles. The highest BCUT2D eigenvalue weighted by Gasteiger charge is 2.51. The fourth-order valence-electron chi connectivity index (χ4n) is 2.51. The van der Waals surface area contributed by atoms with Crippen molar-refractivity contribution in [2.24, 2.45) is 11.3 Å². The zero-order chi connectivity index (χ0) is 10.3. The predicted molar refractivity (Wildman–Crippen MR) is 52.4 cm³/mol.